The van der Waals surface area contributed by atoms with Gasteiger partial charge >= 0.3 is 0 Å². The minimum Gasteiger partial charge on any atom is -0.486 e. The first kappa shape index (κ1) is 11.6. The molecule has 0 radical (unpaired) electrons. The monoisotopic (exact) mass is 298 g/mol. The van der Waals surface area contributed by atoms with Crippen LogP contribution >= 0.6 is 27.3 Å². The van der Waals surface area contributed by atoms with E-state index in [1.807, 2.05) is 23.6 Å². The van der Waals surface area contributed by atoms with Crippen molar-refractivity contribution >= 4 is 27.3 Å². The van der Waals surface area contributed by atoms with Crippen molar-refractivity contribution in [2.75, 3.05) is 0 Å². The smallest absolute Gasteiger partial charge is 0.134 e. The van der Waals surface area contributed by atoms with E-state index in [2.05, 4.69) is 20.9 Å². The fourth-order valence-corrected chi connectivity index (χ4v) is 2.33. The Bertz CT molecular complexity index is 459. The number of thiazole rings is 1. The number of aromatic nitrogens is 1. The lowest BCUT2D eigenvalue weighted by Crippen LogP contribution is -1.99. The second-order valence-corrected chi connectivity index (χ2v) is 4.81. The number of hydrogen-bond donors (Lipinski definition) is 1. The van der Waals surface area contributed by atoms with Gasteiger partial charge in [-0.15, -0.1) is 11.3 Å². The average Bonchev–Trinajstić information content (AvgIpc) is 2.80. The number of rotatable bonds is 4. The molecule has 0 fully saturated rings. The number of hydrogen-bond acceptors (Lipinski definition) is 4. The molecule has 0 amide bonds. The van der Waals surface area contributed by atoms with Crippen LogP contribution in [0.4, 0.5) is 0 Å². The van der Waals surface area contributed by atoms with Gasteiger partial charge in [0.2, 0.25) is 0 Å². The lowest BCUT2D eigenvalue weighted by molar-refractivity contribution is 0.300. The van der Waals surface area contributed by atoms with Crippen molar-refractivity contribution < 1.29 is 4.74 Å². The summed E-state index contributed by atoms with van der Waals surface area (Å²) in [6.07, 6.45) is 0. The summed E-state index contributed by atoms with van der Waals surface area (Å²) in [4.78, 5) is 4.15. The van der Waals surface area contributed by atoms with Gasteiger partial charge in [0.1, 0.15) is 12.4 Å². The first-order valence-electron chi connectivity index (χ1n) is 4.78. The molecule has 0 spiro atoms. The standard InChI is InChI=1S/C11H11BrN2OS/c12-10-3-8(4-13)1-2-11(10)15-5-9-6-16-7-14-9/h1-3,6-7H,4-5,13H2. The van der Waals surface area contributed by atoms with E-state index in [0.717, 1.165) is 21.5 Å². The van der Waals surface area contributed by atoms with Crippen molar-refractivity contribution in [3.63, 3.8) is 0 Å². The summed E-state index contributed by atoms with van der Waals surface area (Å²) in [6, 6.07) is 5.84. The summed E-state index contributed by atoms with van der Waals surface area (Å²) >= 11 is 5.02. The Labute approximate surface area is 106 Å². The van der Waals surface area contributed by atoms with Crippen molar-refractivity contribution in [3.05, 3.63) is 44.8 Å². The minimum absolute atomic E-state index is 0.490. The van der Waals surface area contributed by atoms with Crippen LogP contribution in [0.15, 0.2) is 33.6 Å². The van der Waals surface area contributed by atoms with Crippen LogP contribution in [0.2, 0.25) is 0 Å². The van der Waals surface area contributed by atoms with E-state index in [1.54, 1.807) is 16.8 Å². The zero-order chi connectivity index (χ0) is 11.4. The fourth-order valence-electron chi connectivity index (χ4n) is 1.25. The third-order valence-corrected chi connectivity index (χ3v) is 3.35. The molecule has 1 aromatic heterocycles. The first-order valence-corrected chi connectivity index (χ1v) is 6.51. The van der Waals surface area contributed by atoms with E-state index in [0.29, 0.717) is 13.2 Å². The summed E-state index contributed by atoms with van der Waals surface area (Å²) in [5.74, 6) is 0.810. The maximum Gasteiger partial charge on any atom is 0.134 e. The highest BCUT2D eigenvalue weighted by Crippen LogP contribution is 2.26. The van der Waals surface area contributed by atoms with Crippen LogP contribution in [0.5, 0.6) is 5.75 Å². The van der Waals surface area contributed by atoms with Gasteiger partial charge in [-0.1, -0.05) is 6.07 Å². The van der Waals surface area contributed by atoms with Gasteiger partial charge in [0.25, 0.3) is 0 Å². The van der Waals surface area contributed by atoms with Crippen LogP contribution in [0.3, 0.4) is 0 Å². The Morgan fingerprint density at radius 3 is 2.94 bits per heavy atom. The molecular weight excluding hydrogens is 288 g/mol. The van der Waals surface area contributed by atoms with E-state index in [-0.39, 0.29) is 0 Å². The molecule has 84 valence electrons. The SMILES string of the molecule is NCc1ccc(OCc2cscn2)c(Br)c1. The second kappa shape index (κ2) is 5.43. The molecule has 2 N–H and O–H groups in total. The van der Waals surface area contributed by atoms with Crippen LogP contribution in [0.25, 0.3) is 0 Å². The van der Waals surface area contributed by atoms with Gasteiger partial charge in [-0.3, -0.25) is 0 Å². The highest BCUT2D eigenvalue weighted by atomic mass is 79.9. The average molecular weight is 299 g/mol. The maximum atomic E-state index is 5.64. The van der Waals surface area contributed by atoms with E-state index in [1.165, 1.54) is 0 Å². The molecule has 3 nitrogen and oxygen atoms in total. The van der Waals surface area contributed by atoms with E-state index >= 15 is 0 Å². The van der Waals surface area contributed by atoms with Crippen LogP contribution in [-0.2, 0) is 13.2 Å². The molecule has 1 heterocycles. The van der Waals surface area contributed by atoms with E-state index < -0.39 is 0 Å². The number of benzene rings is 1. The van der Waals surface area contributed by atoms with Gasteiger partial charge in [-0.05, 0) is 33.6 Å². The third-order valence-electron chi connectivity index (χ3n) is 2.09. The number of nitrogens with two attached hydrogens (primary N) is 1. The van der Waals surface area contributed by atoms with Crippen molar-refractivity contribution in [3.8, 4) is 5.75 Å². The van der Waals surface area contributed by atoms with Crippen LogP contribution in [-0.4, -0.2) is 4.98 Å². The molecule has 0 aliphatic rings. The molecule has 0 unspecified atom stereocenters. The fraction of sp³-hybridized carbons (Fsp3) is 0.182. The number of nitrogens with zero attached hydrogens (tertiary/aromatic N) is 1. The Kier molecular flexibility index (Phi) is 3.93. The molecular formula is C11H11BrN2OS. The predicted molar refractivity (Wildman–Crippen MR) is 68.5 cm³/mol. The predicted octanol–water partition coefficient (Wildman–Crippen LogP) is 2.94. The van der Waals surface area contributed by atoms with Crippen LogP contribution in [0.1, 0.15) is 11.3 Å². The molecule has 5 heteroatoms. The van der Waals surface area contributed by atoms with Crippen LogP contribution < -0.4 is 10.5 Å². The molecule has 0 atom stereocenters. The van der Waals surface area contributed by atoms with Crippen molar-refractivity contribution in [1.29, 1.82) is 0 Å². The van der Waals surface area contributed by atoms with Gasteiger partial charge in [0, 0.05) is 11.9 Å². The Morgan fingerprint density at radius 2 is 2.31 bits per heavy atom. The van der Waals surface area contributed by atoms with Gasteiger partial charge in [-0.2, -0.15) is 0 Å². The topological polar surface area (TPSA) is 48.1 Å². The van der Waals surface area contributed by atoms with Crippen molar-refractivity contribution in [1.82, 2.24) is 4.98 Å². The summed E-state index contributed by atoms with van der Waals surface area (Å²) in [5, 5.41) is 1.97. The van der Waals surface area contributed by atoms with E-state index in [9.17, 15) is 0 Å². The van der Waals surface area contributed by atoms with E-state index in [4.69, 9.17) is 10.5 Å². The quantitative estimate of drug-likeness (QED) is 0.944. The minimum atomic E-state index is 0.490. The number of halogens is 1. The highest BCUT2D eigenvalue weighted by Gasteiger charge is 2.03. The molecule has 0 saturated heterocycles. The molecule has 2 aromatic rings. The van der Waals surface area contributed by atoms with Crippen molar-refractivity contribution in [2.24, 2.45) is 5.73 Å². The lowest BCUT2D eigenvalue weighted by atomic mass is 10.2. The Morgan fingerprint density at radius 1 is 1.44 bits per heavy atom. The first-order chi connectivity index (χ1) is 7.79. The van der Waals surface area contributed by atoms with Gasteiger partial charge in [0.15, 0.2) is 0 Å². The summed E-state index contributed by atoms with van der Waals surface area (Å²) in [6.45, 7) is 1.02. The molecule has 1 aromatic carbocycles. The largest absolute Gasteiger partial charge is 0.486 e. The molecule has 0 saturated carbocycles. The molecule has 2 rings (SSSR count). The third kappa shape index (κ3) is 2.81. The molecule has 0 bridgehead atoms. The molecule has 16 heavy (non-hydrogen) atoms. The lowest BCUT2D eigenvalue weighted by Gasteiger charge is -2.07. The summed E-state index contributed by atoms with van der Waals surface area (Å²) < 4.78 is 6.56. The van der Waals surface area contributed by atoms with Gasteiger partial charge in [0.05, 0.1) is 15.7 Å². The van der Waals surface area contributed by atoms with Crippen molar-refractivity contribution in [2.45, 2.75) is 13.2 Å². The molecule has 0 aliphatic carbocycles. The summed E-state index contributed by atoms with van der Waals surface area (Å²) in [7, 11) is 0. The van der Waals surface area contributed by atoms with Gasteiger partial charge < -0.3 is 10.5 Å². The second-order valence-electron chi connectivity index (χ2n) is 3.24. The zero-order valence-electron chi connectivity index (χ0n) is 8.52. The highest BCUT2D eigenvalue weighted by molar-refractivity contribution is 9.10. The maximum absolute atomic E-state index is 5.64. The Hall–Kier alpha value is -0.910. The summed E-state index contributed by atoms with van der Waals surface area (Å²) in [5.41, 5.74) is 9.37. The Balaban J connectivity index is 2.04. The molecule has 0 aliphatic heterocycles. The normalized spacial score (nSPS) is 10.4. The van der Waals surface area contributed by atoms with Gasteiger partial charge in [-0.25, -0.2) is 4.98 Å². The van der Waals surface area contributed by atoms with Crippen LogP contribution in [0, 0.1) is 0 Å². The zero-order valence-corrected chi connectivity index (χ0v) is 10.9. The number of ether oxygens (including phenoxy) is 1.